The second-order valence-electron chi connectivity index (χ2n) is 7.30. The Morgan fingerprint density at radius 3 is 2.73 bits per heavy atom. The monoisotopic (exact) mass is 468 g/mol. The highest BCUT2D eigenvalue weighted by Crippen LogP contribution is 2.26. The SMILES string of the molecule is Cc1cnc(NC(=O)C(COC(C)C)Oc2ncnc3c2cnn3-c2ncccc2Cl)cn1. The van der Waals surface area contributed by atoms with Crippen LogP contribution in [0.3, 0.4) is 0 Å². The van der Waals surface area contributed by atoms with E-state index in [1.54, 1.807) is 31.5 Å². The van der Waals surface area contributed by atoms with Gasteiger partial charge in [-0.3, -0.25) is 9.78 Å². The van der Waals surface area contributed by atoms with Gasteiger partial charge in [0, 0.05) is 6.20 Å². The minimum atomic E-state index is -1.02. The lowest BCUT2D eigenvalue weighted by Crippen LogP contribution is -2.38. The lowest BCUT2D eigenvalue weighted by atomic mass is 10.3. The summed E-state index contributed by atoms with van der Waals surface area (Å²) in [5.74, 6) is 0.421. The van der Waals surface area contributed by atoms with Gasteiger partial charge in [0.1, 0.15) is 11.7 Å². The average molecular weight is 469 g/mol. The second-order valence-corrected chi connectivity index (χ2v) is 7.71. The summed E-state index contributed by atoms with van der Waals surface area (Å²) in [5, 5.41) is 7.91. The van der Waals surface area contributed by atoms with Crippen LogP contribution in [0, 0.1) is 6.92 Å². The molecule has 0 saturated carbocycles. The molecule has 33 heavy (non-hydrogen) atoms. The molecule has 1 atom stereocenters. The number of nitrogens with one attached hydrogen (secondary N) is 1. The Morgan fingerprint density at radius 2 is 2.00 bits per heavy atom. The molecule has 0 aliphatic rings. The number of fused-ring (bicyclic) bond motifs is 1. The largest absolute Gasteiger partial charge is 0.461 e. The van der Waals surface area contributed by atoms with E-state index in [-0.39, 0.29) is 18.6 Å². The first kappa shape index (κ1) is 22.5. The van der Waals surface area contributed by atoms with Crippen LogP contribution in [0.25, 0.3) is 16.9 Å². The van der Waals surface area contributed by atoms with Crippen LogP contribution in [0.2, 0.25) is 5.02 Å². The van der Waals surface area contributed by atoms with Gasteiger partial charge in [0.15, 0.2) is 17.3 Å². The summed E-state index contributed by atoms with van der Waals surface area (Å²) in [4.78, 5) is 34.0. The molecule has 0 bridgehead atoms. The molecule has 1 unspecified atom stereocenters. The number of carbonyl (C=O) groups excluding carboxylic acids is 1. The highest BCUT2D eigenvalue weighted by molar-refractivity contribution is 6.32. The zero-order valence-electron chi connectivity index (χ0n) is 18.1. The molecule has 170 valence electrons. The Morgan fingerprint density at radius 1 is 1.15 bits per heavy atom. The highest BCUT2D eigenvalue weighted by atomic mass is 35.5. The fourth-order valence-electron chi connectivity index (χ4n) is 2.85. The van der Waals surface area contributed by atoms with Crippen LogP contribution in [0.15, 0.2) is 43.2 Å². The summed E-state index contributed by atoms with van der Waals surface area (Å²) in [6.07, 6.45) is 6.34. The highest BCUT2D eigenvalue weighted by Gasteiger charge is 2.25. The van der Waals surface area contributed by atoms with Gasteiger partial charge < -0.3 is 14.8 Å². The molecule has 4 heterocycles. The molecular weight excluding hydrogens is 448 g/mol. The van der Waals surface area contributed by atoms with Crippen LogP contribution in [0.5, 0.6) is 5.88 Å². The minimum absolute atomic E-state index is 0.00546. The summed E-state index contributed by atoms with van der Waals surface area (Å²) in [5.41, 5.74) is 1.16. The van der Waals surface area contributed by atoms with Crippen LogP contribution in [-0.2, 0) is 9.53 Å². The molecule has 12 heteroatoms. The number of halogens is 1. The van der Waals surface area contributed by atoms with Gasteiger partial charge >= 0.3 is 0 Å². The molecule has 0 aromatic carbocycles. The Hall–Kier alpha value is -3.70. The van der Waals surface area contributed by atoms with Gasteiger partial charge in [-0.1, -0.05) is 11.6 Å². The molecule has 0 aliphatic carbocycles. The van der Waals surface area contributed by atoms with Crippen LogP contribution >= 0.6 is 11.6 Å². The van der Waals surface area contributed by atoms with E-state index in [9.17, 15) is 4.79 Å². The quantitative estimate of drug-likeness (QED) is 0.414. The molecule has 4 aromatic rings. The van der Waals surface area contributed by atoms with E-state index >= 15 is 0 Å². The van der Waals surface area contributed by atoms with Gasteiger partial charge in [-0.15, -0.1) is 0 Å². The maximum Gasteiger partial charge on any atom is 0.269 e. The molecule has 1 N–H and O–H groups in total. The van der Waals surface area contributed by atoms with E-state index in [0.29, 0.717) is 27.7 Å². The molecule has 11 nitrogen and oxygen atoms in total. The van der Waals surface area contributed by atoms with Crippen molar-refractivity contribution in [2.45, 2.75) is 33.0 Å². The average Bonchev–Trinajstić information content (AvgIpc) is 3.23. The third-order valence-electron chi connectivity index (χ3n) is 4.43. The number of nitrogens with zero attached hydrogens (tertiary/aromatic N) is 7. The van der Waals surface area contributed by atoms with Gasteiger partial charge in [0.2, 0.25) is 12.0 Å². The summed E-state index contributed by atoms with van der Waals surface area (Å²) >= 11 is 6.26. The third-order valence-corrected chi connectivity index (χ3v) is 4.72. The molecule has 0 radical (unpaired) electrons. The Labute approximate surface area is 194 Å². The number of hydrogen-bond donors (Lipinski definition) is 1. The summed E-state index contributed by atoms with van der Waals surface area (Å²) in [7, 11) is 0. The first-order valence-electron chi connectivity index (χ1n) is 10.1. The summed E-state index contributed by atoms with van der Waals surface area (Å²) in [6, 6.07) is 3.42. The summed E-state index contributed by atoms with van der Waals surface area (Å²) in [6.45, 7) is 5.53. The molecule has 0 spiro atoms. The molecule has 0 fully saturated rings. The van der Waals surface area contributed by atoms with Crippen molar-refractivity contribution in [3.8, 4) is 11.7 Å². The van der Waals surface area contributed by atoms with Gasteiger partial charge in [-0.05, 0) is 32.9 Å². The van der Waals surface area contributed by atoms with Crippen molar-refractivity contribution in [3.63, 3.8) is 0 Å². The normalized spacial score (nSPS) is 12.2. The number of aromatic nitrogens is 7. The van der Waals surface area contributed by atoms with Gasteiger partial charge in [0.25, 0.3) is 5.91 Å². The number of hydrogen-bond acceptors (Lipinski definition) is 9. The first-order valence-corrected chi connectivity index (χ1v) is 10.5. The topological polar surface area (TPSA) is 130 Å². The van der Waals surface area contributed by atoms with Gasteiger partial charge in [-0.25, -0.2) is 19.9 Å². The van der Waals surface area contributed by atoms with E-state index in [0.717, 1.165) is 5.69 Å². The molecule has 4 rings (SSSR count). The van der Waals surface area contributed by atoms with Crippen LogP contribution in [-0.4, -0.2) is 59.4 Å². The lowest BCUT2D eigenvalue weighted by molar-refractivity contribution is -0.126. The fraction of sp³-hybridized carbons (Fsp3) is 0.286. The van der Waals surface area contributed by atoms with Gasteiger partial charge in [0.05, 0.1) is 42.0 Å². The van der Waals surface area contributed by atoms with Crippen LogP contribution < -0.4 is 10.1 Å². The predicted molar refractivity (Wildman–Crippen MR) is 120 cm³/mol. The van der Waals surface area contributed by atoms with Crippen molar-refractivity contribution < 1.29 is 14.3 Å². The predicted octanol–water partition coefficient (Wildman–Crippen LogP) is 2.77. The smallest absolute Gasteiger partial charge is 0.269 e. The zero-order valence-corrected chi connectivity index (χ0v) is 18.9. The van der Waals surface area contributed by atoms with Crippen LogP contribution in [0.4, 0.5) is 5.82 Å². The van der Waals surface area contributed by atoms with Crippen molar-refractivity contribution in [2.75, 3.05) is 11.9 Å². The fourth-order valence-corrected chi connectivity index (χ4v) is 3.05. The number of pyridine rings is 1. The minimum Gasteiger partial charge on any atom is -0.461 e. The maximum absolute atomic E-state index is 12.9. The first-order chi connectivity index (χ1) is 15.9. The van der Waals surface area contributed by atoms with E-state index in [1.807, 2.05) is 13.8 Å². The molecule has 1 amide bonds. The van der Waals surface area contributed by atoms with E-state index in [2.05, 4.69) is 35.3 Å². The van der Waals surface area contributed by atoms with Crippen LogP contribution in [0.1, 0.15) is 19.5 Å². The van der Waals surface area contributed by atoms with E-state index in [4.69, 9.17) is 21.1 Å². The van der Waals surface area contributed by atoms with Crippen molar-refractivity contribution in [1.29, 1.82) is 0 Å². The number of rotatable bonds is 8. The lowest BCUT2D eigenvalue weighted by Gasteiger charge is -2.19. The number of carbonyl (C=O) groups is 1. The number of anilines is 1. The Balaban J connectivity index is 1.62. The molecular formula is C21H21ClN8O3. The third kappa shape index (κ3) is 5.21. The second kappa shape index (κ2) is 9.84. The van der Waals surface area contributed by atoms with E-state index < -0.39 is 12.0 Å². The Kier molecular flexibility index (Phi) is 6.71. The van der Waals surface area contributed by atoms with Gasteiger partial charge in [-0.2, -0.15) is 9.78 Å². The summed E-state index contributed by atoms with van der Waals surface area (Å²) < 4.78 is 13.1. The van der Waals surface area contributed by atoms with Crippen molar-refractivity contribution in [1.82, 2.24) is 34.7 Å². The van der Waals surface area contributed by atoms with Crippen molar-refractivity contribution >= 4 is 34.4 Å². The zero-order chi connectivity index (χ0) is 23.4. The standard InChI is InChI=1S/C21H21ClN8O3/c1-12(2)32-10-16(20(31)29-17-9-24-13(3)7-25-17)33-21-14-8-28-30(18(14)26-11-27-21)19-15(22)5-4-6-23-19/h4-9,11-12,16H,10H2,1-3H3,(H,25,29,31). The van der Waals surface area contributed by atoms with Crippen molar-refractivity contribution in [3.05, 3.63) is 54.0 Å². The van der Waals surface area contributed by atoms with E-state index in [1.165, 1.54) is 23.4 Å². The Bertz CT molecular complexity index is 1260. The van der Waals surface area contributed by atoms with Crippen molar-refractivity contribution in [2.24, 2.45) is 0 Å². The molecule has 0 saturated heterocycles. The number of amides is 1. The molecule has 4 aromatic heterocycles. The molecule has 0 aliphatic heterocycles. The number of ether oxygens (including phenoxy) is 2. The number of aryl methyl sites for hydroxylation is 1. The maximum atomic E-state index is 12.9.